The van der Waals surface area contributed by atoms with Gasteiger partial charge in [0.05, 0.1) is 0 Å². The smallest absolute Gasteiger partial charge is 0.244 e. The van der Waals surface area contributed by atoms with Crippen molar-refractivity contribution in [1.29, 1.82) is 0 Å². The number of hydrogen-bond donors (Lipinski definition) is 2. The lowest BCUT2D eigenvalue weighted by Gasteiger charge is -2.04. The summed E-state index contributed by atoms with van der Waals surface area (Å²) in [5, 5.41) is 8.36. The Morgan fingerprint density at radius 2 is 2.08 bits per heavy atom. The highest BCUT2D eigenvalue weighted by Crippen LogP contribution is 2.29. The third-order valence-electron chi connectivity index (χ3n) is 3.40. The Bertz CT molecular complexity index is 886. The highest BCUT2D eigenvalue weighted by atomic mass is 35.5. The molecule has 3 N–H and O–H groups in total. The number of anilines is 2. The topological polar surface area (TPSA) is 94.0 Å². The maximum absolute atomic E-state index is 12.6. The van der Waals surface area contributed by atoms with Gasteiger partial charge in [0.15, 0.2) is 5.13 Å². The summed E-state index contributed by atoms with van der Waals surface area (Å²) in [6, 6.07) is 8.71. The van der Waals surface area contributed by atoms with Gasteiger partial charge in [-0.15, -0.1) is 0 Å². The van der Waals surface area contributed by atoms with Gasteiger partial charge < -0.3 is 15.6 Å². The molecular formula is C17H17ClN4O2S. The highest BCUT2D eigenvalue weighted by molar-refractivity contribution is 7.18. The number of nitrogen functional groups attached to an aromatic ring is 1. The number of ketones is 1. The molecule has 0 aliphatic carbocycles. The van der Waals surface area contributed by atoms with Gasteiger partial charge in [0.25, 0.3) is 0 Å². The Morgan fingerprint density at radius 3 is 2.76 bits per heavy atom. The molecule has 0 unspecified atom stereocenters. The van der Waals surface area contributed by atoms with Crippen LogP contribution in [0.25, 0.3) is 11.3 Å². The van der Waals surface area contributed by atoms with Crippen LogP contribution in [0, 0.1) is 5.92 Å². The zero-order valence-electron chi connectivity index (χ0n) is 13.7. The number of thiazole rings is 1. The van der Waals surface area contributed by atoms with Crippen LogP contribution in [0.4, 0.5) is 10.9 Å². The number of rotatable bonds is 6. The van der Waals surface area contributed by atoms with Crippen molar-refractivity contribution in [3.8, 4) is 11.3 Å². The molecule has 0 saturated heterocycles. The molecule has 6 nitrogen and oxygen atoms in total. The van der Waals surface area contributed by atoms with Crippen LogP contribution in [0.1, 0.15) is 29.3 Å². The summed E-state index contributed by atoms with van der Waals surface area (Å²) in [4.78, 5) is 17.2. The molecule has 0 spiro atoms. The van der Waals surface area contributed by atoms with Gasteiger partial charge in [-0.3, -0.25) is 4.79 Å². The summed E-state index contributed by atoms with van der Waals surface area (Å²) in [7, 11) is 0. The van der Waals surface area contributed by atoms with Gasteiger partial charge in [-0.05, 0) is 18.1 Å². The minimum atomic E-state index is -0.333. The average Bonchev–Trinajstić information content (AvgIpc) is 3.20. The zero-order chi connectivity index (χ0) is 18.0. The second kappa shape index (κ2) is 7.25. The molecule has 0 saturated carbocycles. The molecule has 130 valence electrons. The van der Waals surface area contributed by atoms with E-state index in [0.717, 1.165) is 12.1 Å². The Labute approximate surface area is 154 Å². The van der Waals surface area contributed by atoms with Crippen molar-refractivity contribution in [2.75, 3.05) is 17.6 Å². The van der Waals surface area contributed by atoms with E-state index in [4.69, 9.17) is 21.9 Å². The molecule has 1 aromatic carbocycles. The molecule has 2 heterocycles. The Morgan fingerprint density at radius 1 is 1.36 bits per heavy atom. The maximum atomic E-state index is 12.6. The molecule has 25 heavy (non-hydrogen) atoms. The van der Waals surface area contributed by atoms with Crippen LogP contribution < -0.4 is 11.1 Å². The average molecular weight is 377 g/mol. The van der Waals surface area contributed by atoms with Gasteiger partial charge in [0.2, 0.25) is 11.5 Å². The van der Waals surface area contributed by atoms with E-state index < -0.39 is 0 Å². The molecule has 3 rings (SSSR count). The minimum absolute atomic E-state index is 0.121. The number of carbonyl (C=O) groups excluding carboxylic acids is 1. The van der Waals surface area contributed by atoms with E-state index in [1.54, 1.807) is 18.2 Å². The monoisotopic (exact) mass is 376 g/mol. The first-order valence-corrected chi connectivity index (χ1v) is 8.91. The fourth-order valence-electron chi connectivity index (χ4n) is 2.11. The van der Waals surface area contributed by atoms with Crippen LogP contribution in [-0.2, 0) is 0 Å². The quantitative estimate of drug-likeness (QED) is 0.622. The molecular weight excluding hydrogens is 360 g/mol. The highest BCUT2D eigenvalue weighted by Gasteiger charge is 2.22. The van der Waals surface area contributed by atoms with Crippen LogP contribution in [0.3, 0.4) is 0 Å². The third-order valence-corrected chi connectivity index (χ3v) is 4.67. The third kappa shape index (κ3) is 4.00. The number of aromatic nitrogens is 2. The minimum Gasteiger partial charge on any atom is -0.382 e. The first-order valence-electron chi connectivity index (χ1n) is 7.71. The fourth-order valence-corrected chi connectivity index (χ4v) is 3.07. The number of nitrogens with one attached hydrogen (secondary N) is 1. The molecule has 0 amide bonds. The van der Waals surface area contributed by atoms with E-state index in [9.17, 15) is 4.79 Å². The van der Waals surface area contributed by atoms with Crippen molar-refractivity contribution in [2.24, 2.45) is 5.92 Å². The van der Waals surface area contributed by atoms with Crippen LogP contribution in [-0.4, -0.2) is 22.5 Å². The summed E-state index contributed by atoms with van der Waals surface area (Å²) in [6.45, 7) is 4.93. The first-order chi connectivity index (χ1) is 11.9. The predicted molar refractivity (Wildman–Crippen MR) is 100 cm³/mol. The predicted octanol–water partition coefficient (Wildman–Crippen LogP) is 4.33. The van der Waals surface area contributed by atoms with Gasteiger partial charge in [-0.1, -0.05) is 54.1 Å². The number of nitrogens with zero attached hydrogens (tertiary/aromatic N) is 2. The lowest BCUT2D eigenvalue weighted by molar-refractivity contribution is 0.100. The molecule has 3 aromatic rings. The second-order valence-electron chi connectivity index (χ2n) is 5.92. The van der Waals surface area contributed by atoms with Crippen LogP contribution >= 0.6 is 22.9 Å². The van der Waals surface area contributed by atoms with Crippen molar-refractivity contribution < 1.29 is 9.32 Å². The molecule has 0 aliphatic rings. The van der Waals surface area contributed by atoms with E-state index in [0.29, 0.717) is 26.6 Å². The fraction of sp³-hybridized carbons (Fsp3) is 0.235. The molecule has 0 bridgehead atoms. The number of hydrogen-bond acceptors (Lipinski definition) is 7. The lowest BCUT2D eigenvalue weighted by atomic mass is 10.1. The molecule has 0 atom stereocenters. The number of carbonyl (C=O) groups is 1. The Hall–Kier alpha value is -2.38. The second-order valence-corrected chi connectivity index (χ2v) is 7.36. The molecule has 8 heteroatoms. The molecule has 0 radical (unpaired) electrons. The maximum Gasteiger partial charge on any atom is 0.244 e. The number of nitrogens with two attached hydrogens (primary N) is 1. The van der Waals surface area contributed by atoms with Gasteiger partial charge in [0.1, 0.15) is 16.4 Å². The summed E-state index contributed by atoms with van der Waals surface area (Å²) in [5.74, 6) is 0.433. The van der Waals surface area contributed by atoms with Gasteiger partial charge in [0, 0.05) is 23.2 Å². The van der Waals surface area contributed by atoms with E-state index in [1.165, 1.54) is 11.3 Å². The largest absolute Gasteiger partial charge is 0.382 e. The number of benzene rings is 1. The zero-order valence-corrected chi connectivity index (χ0v) is 15.3. The van der Waals surface area contributed by atoms with Gasteiger partial charge in [-0.25, -0.2) is 4.98 Å². The van der Waals surface area contributed by atoms with Gasteiger partial charge in [-0.2, -0.15) is 0 Å². The van der Waals surface area contributed by atoms with Crippen LogP contribution in [0.2, 0.25) is 5.02 Å². The Balaban J connectivity index is 1.81. The first kappa shape index (κ1) is 17.4. The van der Waals surface area contributed by atoms with Crippen LogP contribution in [0.15, 0.2) is 34.9 Å². The van der Waals surface area contributed by atoms with Crippen molar-refractivity contribution in [3.05, 3.63) is 46.0 Å². The van der Waals surface area contributed by atoms with E-state index in [2.05, 4.69) is 29.3 Å². The summed E-state index contributed by atoms with van der Waals surface area (Å²) < 4.78 is 5.20. The van der Waals surface area contributed by atoms with E-state index >= 15 is 0 Å². The summed E-state index contributed by atoms with van der Waals surface area (Å²) >= 11 is 7.09. The van der Waals surface area contributed by atoms with E-state index in [1.807, 2.05) is 12.1 Å². The number of halogens is 1. The van der Waals surface area contributed by atoms with Gasteiger partial charge >= 0.3 is 0 Å². The van der Waals surface area contributed by atoms with Crippen molar-refractivity contribution in [2.45, 2.75) is 13.8 Å². The molecule has 2 aromatic heterocycles. The SMILES string of the molecule is CC(C)CNc1nc(N)c(C(=O)c2cc(-c3ccc(Cl)cc3)no2)s1. The standard InChI is InChI=1S/C17H17ClN4O2S/c1-9(2)8-20-17-21-16(19)15(25-17)14(23)13-7-12(22-24-13)10-3-5-11(18)6-4-10/h3-7,9H,8,19H2,1-2H3,(H,20,21). The van der Waals surface area contributed by atoms with E-state index in [-0.39, 0.29) is 17.4 Å². The summed E-state index contributed by atoms with van der Waals surface area (Å²) in [5.41, 5.74) is 7.25. The molecule has 0 fully saturated rings. The Kier molecular flexibility index (Phi) is 5.06. The van der Waals surface area contributed by atoms with Crippen LogP contribution in [0.5, 0.6) is 0 Å². The molecule has 0 aliphatic heterocycles. The van der Waals surface area contributed by atoms with Crippen molar-refractivity contribution in [1.82, 2.24) is 10.1 Å². The lowest BCUT2D eigenvalue weighted by Crippen LogP contribution is -2.07. The normalized spacial score (nSPS) is 11.0. The summed E-state index contributed by atoms with van der Waals surface area (Å²) in [6.07, 6.45) is 0. The van der Waals surface area contributed by atoms with Crippen molar-refractivity contribution >= 4 is 39.7 Å². The van der Waals surface area contributed by atoms with Crippen molar-refractivity contribution in [3.63, 3.8) is 0 Å².